The number of anilines is 1. The number of amides is 2. The van der Waals surface area contributed by atoms with Gasteiger partial charge in [0.25, 0.3) is 11.8 Å². The van der Waals surface area contributed by atoms with Crippen molar-refractivity contribution in [2.75, 3.05) is 18.1 Å². The number of hydrogen-bond acceptors (Lipinski definition) is 10. The predicted octanol–water partition coefficient (Wildman–Crippen LogP) is 0.860. The largest absolute Gasteiger partial charge is 0.489 e. The number of carbonyl (C=O) groups is 3. The molecule has 2 aliphatic heterocycles. The summed E-state index contributed by atoms with van der Waals surface area (Å²) in [5.74, 6) is -2.90. The van der Waals surface area contributed by atoms with Crippen molar-refractivity contribution in [2.24, 2.45) is 5.16 Å². The molecule has 0 bridgehead atoms. The summed E-state index contributed by atoms with van der Waals surface area (Å²) >= 11 is 2.27. The number of nitrogen functional groups attached to an aromatic ring is 1. The molecule has 2 amide bonds. The molecular formula is C19H16FN5O6S2. The number of carbonyl (C=O) groups excluding carboxylic acids is 2. The van der Waals surface area contributed by atoms with E-state index in [2.05, 4.69) is 15.5 Å². The van der Waals surface area contributed by atoms with Gasteiger partial charge in [-0.3, -0.25) is 14.5 Å². The van der Waals surface area contributed by atoms with Crippen molar-refractivity contribution in [2.45, 2.75) is 11.4 Å². The third-order valence-corrected chi connectivity index (χ3v) is 6.84. The highest BCUT2D eigenvalue weighted by Crippen LogP contribution is 2.40. The van der Waals surface area contributed by atoms with Crippen LogP contribution in [0.25, 0.3) is 0 Å². The summed E-state index contributed by atoms with van der Waals surface area (Å²) in [5.41, 5.74) is 5.24. The lowest BCUT2D eigenvalue weighted by molar-refractivity contribution is -0.150. The summed E-state index contributed by atoms with van der Waals surface area (Å²) in [4.78, 5) is 42.1. The van der Waals surface area contributed by atoms with Crippen LogP contribution in [0.3, 0.4) is 0 Å². The molecule has 11 nitrogen and oxygen atoms in total. The second-order valence-corrected chi connectivity index (χ2v) is 8.88. The second-order valence-electron chi connectivity index (χ2n) is 6.88. The zero-order valence-corrected chi connectivity index (χ0v) is 18.2. The first-order chi connectivity index (χ1) is 15.8. The van der Waals surface area contributed by atoms with E-state index >= 15 is 0 Å². The monoisotopic (exact) mass is 493 g/mol. The molecule has 14 heteroatoms. The van der Waals surface area contributed by atoms with Crippen LogP contribution in [0, 0.1) is 5.82 Å². The van der Waals surface area contributed by atoms with Crippen molar-refractivity contribution < 1.29 is 33.8 Å². The number of thioether (sulfide) groups is 1. The number of rotatable bonds is 7. The van der Waals surface area contributed by atoms with E-state index < -0.39 is 40.7 Å². The number of ether oxygens (including phenoxy) is 1. The van der Waals surface area contributed by atoms with Crippen LogP contribution in [-0.4, -0.2) is 67.5 Å². The maximum Gasteiger partial charge on any atom is 0.352 e. The molecule has 172 valence electrons. The summed E-state index contributed by atoms with van der Waals surface area (Å²) in [6.45, 7) is -0.155. The summed E-state index contributed by atoms with van der Waals surface area (Å²) in [7, 11) is 0. The summed E-state index contributed by atoms with van der Waals surface area (Å²) in [6, 6.07) is 4.36. The van der Waals surface area contributed by atoms with Gasteiger partial charge in [-0.1, -0.05) is 11.2 Å². The van der Waals surface area contributed by atoms with Crippen LogP contribution in [0.2, 0.25) is 0 Å². The number of nitrogens with one attached hydrogen (secondary N) is 1. The van der Waals surface area contributed by atoms with Crippen molar-refractivity contribution >= 4 is 51.7 Å². The molecular weight excluding hydrogens is 477 g/mol. The van der Waals surface area contributed by atoms with Gasteiger partial charge in [0, 0.05) is 22.8 Å². The van der Waals surface area contributed by atoms with Crippen LogP contribution in [0.4, 0.5) is 9.52 Å². The van der Waals surface area contributed by atoms with Crippen LogP contribution < -0.4 is 15.8 Å². The predicted molar refractivity (Wildman–Crippen MR) is 116 cm³/mol. The molecule has 2 aromatic rings. The highest BCUT2D eigenvalue weighted by atomic mass is 32.2. The summed E-state index contributed by atoms with van der Waals surface area (Å²) in [6.07, 6.45) is 0. The van der Waals surface area contributed by atoms with Crippen LogP contribution in [-0.2, 0) is 14.4 Å². The second kappa shape index (κ2) is 9.07. The van der Waals surface area contributed by atoms with Crippen LogP contribution in [0.1, 0.15) is 5.69 Å². The van der Waals surface area contributed by atoms with E-state index in [0.29, 0.717) is 5.57 Å². The number of carboxylic acid groups (broad SMARTS) is 1. The van der Waals surface area contributed by atoms with Crippen molar-refractivity contribution in [3.05, 3.63) is 52.4 Å². The molecule has 1 aromatic carbocycles. The van der Waals surface area contributed by atoms with E-state index in [1.54, 1.807) is 0 Å². The number of nitrogens with two attached hydrogens (primary N) is 1. The Morgan fingerprint density at radius 3 is 2.85 bits per heavy atom. The molecule has 1 saturated heterocycles. The van der Waals surface area contributed by atoms with Gasteiger partial charge < -0.3 is 26.1 Å². The van der Waals surface area contributed by atoms with E-state index in [0.717, 1.165) is 22.3 Å². The number of aromatic nitrogens is 1. The molecule has 3 heterocycles. The van der Waals surface area contributed by atoms with Gasteiger partial charge in [0.1, 0.15) is 41.0 Å². The fourth-order valence-corrected chi connectivity index (χ4v) is 5.22. The van der Waals surface area contributed by atoms with E-state index in [1.165, 1.54) is 35.3 Å². The Bertz CT molecular complexity index is 1200. The Kier molecular flexibility index (Phi) is 6.20. The molecule has 1 unspecified atom stereocenters. The maximum atomic E-state index is 13.3. The molecule has 5 N–H and O–H groups in total. The first-order valence-electron chi connectivity index (χ1n) is 9.32. The molecule has 0 radical (unpaired) electrons. The van der Waals surface area contributed by atoms with Crippen LogP contribution in [0.15, 0.2) is 46.1 Å². The number of aliphatic carboxylic acids is 1. The first-order valence-corrected chi connectivity index (χ1v) is 11.3. The number of nitrogens with zero attached hydrogens (tertiary/aromatic N) is 3. The van der Waals surface area contributed by atoms with Crippen molar-refractivity contribution in [1.82, 2.24) is 15.2 Å². The van der Waals surface area contributed by atoms with Gasteiger partial charge >= 0.3 is 5.97 Å². The normalized spacial score (nSPS) is 20.2. The fourth-order valence-electron chi connectivity index (χ4n) is 3.34. The zero-order chi connectivity index (χ0) is 23.7. The SMILES string of the molecule is Nc1nc(/C(=N/O)C(=O)NC2C(=O)N3C(C(=O)O)=C(COc4cccc(F)c4)CS[C@H]23)cs1. The Morgan fingerprint density at radius 1 is 1.42 bits per heavy atom. The molecule has 1 fully saturated rings. The number of hydrogen-bond donors (Lipinski definition) is 4. The van der Waals surface area contributed by atoms with Crippen molar-refractivity contribution in [3.63, 3.8) is 0 Å². The van der Waals surface area contributed by atoms with Gasteiger partial charge in [0.05, 0.1) is 0 Å². The lowest BCUT2D eigenvalue weighted by atomic mass is 10.0. The number of β-lactam (4-membered cyclic amide) rings is 1. The Labute approximate surface area is 193 Å². The van der Waals surface area contributed by atoms with Gasteiger partial charge in [-0.15, -0.1) is 23.1 Å². The van der Waals surface area contributed by atoms with Crippen molar-refractivity contribution in [1.29, 1.82) is 0 Å². The van der Waals surface area contributed by atoms with Crippen molar-refractivity contribution in [3.8, 4) is 5.75 Å². The van der Waals surface area contributed by atoms with Crippen LogP contribution in [0.5, 0.6) is 5.75 Å². The van der Waals surface area contributed by atoms with Gasteiger partial charge in [0.2, 0.25) is 0 Å². The third-order valence-electron chi connectivity index (χ3n) is 4.83. The van der Waals surface area contributed by atoms with E-state index in [4.69, 9.17) is 10.5 Å². The lowest BCUT2D eigenvalue weighted by Gasteiger charge is -2.49. The molecule has 0 aliphatic carbocycles. The van der Waals surface area contributed by atoms with Gasteiger partial charge in [-0.25, -0.2) is 14.2 Å². The van der Waals surface area contributed by atoms with Gasteiger partial charge in [-0.05, 0) is 12.1 Å². The maximum absolute atomic E-state index is 13.3. The standard InChI is InChI=1S/C19H16FN5O6S2/c20-9-2-1-3-10(4-9)31-5-8-6-32-17-13(16(27)25(17)14(8)18(28)29)23-15(26)12(24-30)11-7-33-19(21)22-11/h1-4,7,13,17,30H,5-6H2,(H2,21,22)(H,23,26)(H,28,29)/b24-12-/t13?,17-/m1/s1. The lowest BCUT2D eigenvalue weighted by Crippen LogP contribution is -2.71. The topological polar surface area (TPSA) is 167 Å². The molecule has 33 heavy (non-hydrogen) atoms. The quantitative estimate of drug-likeness (QED) is 0.189. The number of thiazole rings is 1. The van der Waals surface area contributed by atoms with Gasteiger partial charge in [0.15, 0.2) is 10.8 Å². The zero-order valence-electron chi connectivity index (χ0n) is 16.6. The number of oxime groups is 1. The third kappa shape index (κ3) is 4.34. The first kappa shape index (κ1) is 22.5. The molecule has 2 atom stereocenters. The smallest absolute Gasteiger partial charge is 0.352 e. The molecule has 4 rings (SSSR count). The minimum absolute atomic E-state index is 0.0420. The molecule has 1 aromatic heterocycles. The number of halogens is 1. The molecule has 0 spiro atoms. The van der Waals surface area contributed by atoms with E-state index in [-0.39, 0.29) is 34.6 Å². The highest BCUT2D eigenvalue weighted by molar-refractivity contribution is 8.00. The minimum Gasteiger partial charge on any atom is -0.489 e. The van der Waals surface area contributed by atoms with E-state index in [9.17, 15) is 29.1 Å². The number of benzene rings is 1. The highest BCUT2D eigenvalue weighted by Gasteiger charge is 2.54. The van der Waals surface area contributed by atoms with Gasteiger partial charge in [-0.2, -0.15) is 0 Å². The minimum atomic E-state index is -1.33. The summed E-state index contributed by atoms with van der Waals surface area (Å²) < 4.78 is 18.8. The van der Waals surface area contributed by atoms with E-state index in [1.807, 2.05) is 0 Å². The Hall–Kier alpha value is -3.65. The number of fused-ring (bicyclic) bond motifs is 1. The average molecular weight is 493 g/mol. The summed E-state index contributed by atoms with van der Waals surface area (Å²) in [5, 5.41) is 25.2. The number of carboxylic acids is 1. The van der Waals surface area contributed by atoms with Crippen LogP contribution >= 0.6 is 23.1 Å². The average Bonchev–Trinajstić information content (AvgIpc) is 3.21. The molecule has 2 aliphatic rings. The molecule has 0 saturated carbocycles. The fraction of sp³-hybridized carbons (Fsp3) is 0.211. The Balaban J connectivity index is 1.48. The Morgan fingerprint density at radius 2 is 2.21 bits per heavy atom.